The molecule has 2 aromatic rings. The molecule has 4 nitrogen and oxygen atoms in total. The van der Waals surface area contributed by atoms with Gasteiger partial charge >= 0.3 is 0 Å². The minimum atomic E-state index is -0.502. The second kappa shape index (κ2) is 5.03. The number of thioether (sulfide) groups is 1. The fraction of sp³-hybridized carbons (Fsp3) is 0.0588. The molecule has 2 amide bonds. The number of hydrogen-bond acceptors (Lipinski definition) is 4. The zero-order chi connectivity index (χ0) is 15.1. The summed E-state index contributed by atoms with van der Waals surface area (Å²) in [5.41, 5.74) is 1.13. The van der Waals surface area contributed by atoms with E-state index in [2.05, 4.69) is 0 Å². The number of nitrogens with zero attached hydrogens (tertiary/aromatic N) is 1. The number of benzene rings is 1. The third-order valence-corrected chi connectivity index (χ3v) is 4.90. The molecule has 0 N–H and O–H groups in total. The number of amides is 2. The topological polar surface area (TPSA) is 50.5 Å². The van der Waals surface area contributed by atoms with Crippen LogP contribution in [0.3, 0.4) is 0 Å². The van der Waals surface area contributed by atoms with Crippen molar-refractivity contribution in [3.8, 4) is 0 Å². The summed E-state index contributed by atoms with van der Waals surface area (Å²) < 4.78 is 5.37. The van der Waals surface area contributed by atoms with Crippen LogP contribution < -0.4 is 4.90 Å². The van der Waals surface area contributed by atoms with Crippen molar-refractivity contribution < 1.29 is 14.0 Å². The van der Waals surface area contributed by atoms with Gasteiger partial charge in [0, 0.05) is 5.57 Å². The fourth-order valence-corrected chi connectivity index (χ4v) is 3.72. The van der Waals surface area contributed by atoms with E-state index >= 15 is 0 Å². The third-order valence-electron chi connectivity index (χ3n) is 3.61. The highest BCUT2D eigenvalue weighted by molar-refractivity contribution is 8.09. The van der Waals surface area contributed by atoms with Gasteiger partial charge < -0.3 is 4.42 Å². The van der Waals surface area contributed by atoms with Crippen molar-refractivity contribution in [1.29, 1.82) is 0 Å². The van der Waals surface area contributed by atoms with Crippen LogP contribution in [0.4, 0.5) is 5.69 Å². The molecule has 1 fully saturated rings. The number of furan rings is 1. The lowest BCUT2D eigenvalue weighted by Gasteiger charge is -2.15. The predicted molar refractivity (Wildman–Crippen MR) is 85.1 cm³/mol. The maximum absolute atomic E-state index is 12.7. The molecule has 1 saturated heterocycles. The van der Waals surface area contributed by atoms with E-state index in [9.17, 15) is 9.59 Å². The smallest absolute Gasteiger partial charge is 0.262 e. The molecule has 0 radical (unpaired) electrons. The van der Waals surface area contributed by atoms with Crippen molar-refractivity contribution in [2.45, 2.75) is 5.25 Å². The quantitative estimate of drug-likeness (QED) is 0.799. The number of carbonyl (C=O) groups is 2. The summed E-state index contributed by atoms with van der Waals surface area (Å²) in [6.07, 6.45) is 5.14. The highest BCUT2D eigenvalue weighted by Crippen LogP contribution is 2.43. The van der Waals surface area contributed by atoms with E-state index in [4.69, 9.17) is 4.42 Å². The van der Waals surface area contributed by atoms with E-state index in [1.165, 1.54) is 16.7 Å². The van der Waals surface area contributed by atoms with Gasteiger partial charge in [-0.1, -0.05) is 24.3 Å². The van der Waals surface area contributed by atoms with Crippen LogP contribution in [0.5, 0.6) is 0 Å². The molecule has 0 bridgehead atoms. The monoisotopic (exact) mass is 309 g/mol. The summed E-state index contributed by atoms with van der Waals surface area (Å²) in [5, 5.41) is -0.502. The summed E-state index contributed by atoms with van der Waals surface area (Å²) in [5.74, 6) is 0.256. The van der Waals surface area contributed by atoms with Gasteiger partial charge in [-0.05, 0) is 30.3 Å². The van der Waals surface area contributed by atoms with E-state index < -0.39 is 5.25 Å². The number of hydrogen-bond donors (Lipinski definition) is 0. The zero-order valence-electron chi connectivity index (χ0n) is 11.4. The van der Waals surface area contributed by atoms with Gasteiger partial charge in [0.15, 0.2) is 0 Å². The Kier molecular flexibility index (Phi) is 3.01. The molecule has 3 heterocycles. The van der Waals surface area contributed by atoms with Crippen LogP contribution in [-0.4, -0.2) is 17.1 Å². The number of carbonyl (C=O) groups excluding carboxylic acids is 2. The highest BCUT2D eigenvalue weighted by atomic mass is 32.2. The molecule has 0 saturated carbocycles. The summed E-state index contributed by atoms with van der Waals surface area (Å²) >= 11 is 1.36. The Hall–Kier alpha value is -2.53. The SMILES string of the molecule is O=C1C2=CC=C(c3ccco3)SC2C(=O)N1c1ccccc1. The third kappa shape index (κ3) is 1.94. The Morgan fingerprint density at radius 1 is 1.00 bits per heavy atom. The van der Waals surface area contributed by atoms with Gasteiger partial charge in [0.05, 0.1) is 16.9 Å². The molecule has 0 spiro atoms. The maximum Gasteiger partial charge on any atom is 0.262 e. The van der Waals surface area contributed by atoms with Gasteiger partial charge in [0.25, 0.3) is 11.8 Å². The number of anilines is 1. The molecule has 1 aromatic carbocycles. The van der Waals surface area contributed by atoms with E-state index in [1.54, 1.807) is 30.5 Å². The lowest BCUT2D eigenvalue weighted by atomic mass is 10.2. The average molecular weight is 309 g/mol. The van der Waals surface area contributed by atoms with Crippen molar-refractivity contribution in [1.82, 2.24) is 0 Å². The Morgan fingerprint density at radius 3 is 2.55 bits per heavy atom. The Morgan fingerprint density at radius 2 is 1.82 bits per heavy atom. The summed E-state index contributed by atoms with van der Waals surface area (Å²) in [7, 11) is 0. The number of allylic oxidation sites excluding steroid dienone is 2. The maximum atomic E-state index is 12.7. The zero-order valence-corrected chi connectivity index (χ0v) is 12.2. The Labute approximate surface area is 131 Å². The van der Waals surface area contributed by atoms with Crippen molar-refractivity contribution >= 4 is 34.2 Å². The highest BCUT2D eigenvalue weighted by Gasteiger charge is 2.46. The van der Waals surface area contributed by atoms with Crippen LogP contribution in [0.2, 0.25) is 0 Å². The van der Waals surface area contributed by atoms with E-state index in [1.807, 2.05) is 30.3 Å². The summed E-state index contributed by atoms with van der Waals surface area (Å²) in [6.45, 7) is 0. The molecule has 4 rings (SSSR count). The van der Waals surface area contributed by atoms with E-state index in [0.717, 1.165) is 4.91 Å². The van der Waals surface area contributed by atoms with Crippen molar-refractivity contribution in [2.24, 2.45) is 0 Å². The number of para-hydroxylation sites is 1. The first-order chi connectivity index (χ1) is 10.8. The fourth-order valence-electron chi connectivity index (χ4n) is 2.58. The van der Waals surface area contributed by atoms with Crippen molar-refractivity contribution in [2.75, 3.05) is 4.90 Å². The number of fused-ring (bicyclic) bond motifs is 1. The van der Waals surface area contributed by atoms with Crippen LogP contribution in [-0.2, 0) is 9.59 Å². The van der Waals surface area contributed by atoms with Gasteiger partial charge in [-0.3, -0.25) is 9.59 Å². The van der Waals surface area contributed by atoms with E-state index in [-0.39, 0.29) is 11.8 Å². The average Bonchev–Trinajstić information content (AvgIpc) is 3.16. The normalized spacial score (nSPS) is 20.7. The molecule has 1 atom stereocenters. The standard InChI is InChI=1S/C17H11NO3S/c19-16-12-8-9-14(13-7-4-10-21-13)22-15(12)17(20)18(16)11-5-2-1-3-6-11/h1-10,15H. The largest absolute Gasteiger partial charge is 0.464 e. The van der Waals surface area contributed by atoms with Gasteiger partial charge in [-0.15, -0.1) is 11.8 Å². The molecule has 1 unspecified atom stereocenters. The molecule has 2 aliphatic rings. The molecule has 22 heavy (non-hydrogen) atoms. The minimum Gasteiger partial charge on any atom is -0.464 e. The Bertz CT molecular complexity index is 806. The molecular formula is C17H11NO3S. The van der Waals surface area contributed by atoms with Gasteiger partial charge in [0.1, 0.15) is 11.0 Å². The first-order valence-electron chi connectivity index (χ1n) is 6.81. The van der Waals surface area contributed by atoms with Crippen molar-refractivity contribution in [3.63, 3.8) is 0 Å². The van der Waals surface area contributed by atoms with Crippen LogP contribution in [0.25, 0.3) is 4.91 Å². The summed E-state index contributed by atoms with van der Waals surface area (Å²) in [4.78, 5) is 27.3. The number of imide groups is 1. The molecule has 0 aliphatic carbocycles. The molecule has 108 valence electrons. The summed E-state index contributed by atoms with van der Waals surface area (Å²) in [6, 6.07) is 12.6. The lowest BCUT2D eigenvalue weighted by Crippen LogP contribution is -2.30. The van der Waals surface area contributed by atoms with Crippen LogP contribution in [0.15, 0.2) is 70.9 Å². The molecule has 1 aromatic heterocycles. The molecule has 2 aliphatic heterocycles. The van der Waals surface area contributed by atoms with Gasteiger partial charge in [-0.25, -0.2) is 4.90 Å². The molecular weight excluding hydrogens is 298 g/mol. The number of rotatable bonds is 2. The van der Waals surface area contributed by atoms with Crippen LogP contribution in [0, 0.1) is 0 Å². The van der Waals surface area contributed by atoms with Crippen molar-refractivity contribution in [3.05, 3.63) is 72.2 Å². The molecule has 5 heteroatoms. The first kappa shape index (κ1) is 13.2. The van der Waals surface area contributed by atoms with Gasteiger partial charge in [-0.2, -0.15) is 0 Å². The van der Waals surface area contributed by atoms with Crippen LogP contribution in [0.1, 0.15) is 5.76 Å². The van der Waals surface area contributed by atoms with Gasteiger partial charge in [0.2, 0.25) is 0 Å². The Balaban J connectivity index is 1.69. The second-order valence-electron chi connectivity index (χ2n) is 4.94. The van der Waals surface area contributed by atoms with E-state index in [0.29, 0.717) is 17.0 Å². The second-order valence-corrected chi connectivity index (χ2v) is 6.09. The minimum absolute atomic E-state index is 0.204. The predicted octanol–water partition coefficient (Wildman–Crippen LogP) is 3.24. The van der Waals surface area contributed by atoms with Crippen LogP contribution >= 0.6 is 11.8 Å². The lowest BCUT2D eigenvalue weighted by molar-refractivity contribution is -0.120. The first-order valence-corrected chi connectivity index (χ1v) is 7.69.